The molecule has 0 unspecified atom stereocenters. The zero-order valence-corrected chi connectivity index (χ0v) is 16.4. The number of amides is 1. The maximum absolute atomic E-state index is 13.4. The monoisotopic (exact) mass is 354 g/mol. The number of aryl methyl sites for hydroxylation is 1. The van der Waals surface area contributed by atoms with E-state index in [1.165, 1.54) is 0 Å². The first-order valence-corrected chi connectivity index (χ1v) is 9.79. The second kappa shape index (κ2) is 8.17. The molecule has 0 radical (unpaired) electrons. The predicted molar refractivity (Wildman–Crippen MR) is 105 cm³/mol. The Hall–Kier alpha value is -1.94. The standard InChI is InChI=1S/C22H30N2O2/c1-5-6-7-17-13-24(14-21(26-17)15(2)3)22(25)18-10-11-23-20-9-8-16(4)12-19(18)20/h8-12,15,17,21H,5-7,13-14H2,1-4H3/t17-,21-/m1/s1. The van der Waals surface area contributed by atoms with Gasteiger partial charge in [-0.1, -0.05) is 45.2 Å². The van der Waals surface area contributed by atoms with E-state index in [2.05, 4.69) is 31.8 Å². The average Bonchev–Trinajstić information content (AvgIpc) is 2.65. The Balaban J connectivity index is 1.89. The molecule has 1 saturated heterocycles. The van der Waals surface area contributed by atoms with Gasteiger partial charge in [0.15, 0.2) is 0 Å². The van der Waals surface area contributed by atoms with Crippen LogP contribution >= 0.6 is 0 Å². The van der Waals surface area contributed by atoms with Crippen LogP contribution in [-0.4, -0.2) is 41.1 Å². The molecule has 0 bridgehead atoms. The summed E-state index contributed by atoms with van der Waals surface area (Å²) in [4.78, 5) is 19.8. The molecule has 1 fully saturated rings. The Morgan fingerprint density at radius 1 is 1.31 bits per heavy atom. The van der Waals surface area contributed by atoms with Crippen molar-refractivity contribution in [3.63, 3.8) is 0 Å². The molecule has 1 aliphatic rings. The number of morpholine rings is 1. The van der Waals surface area contributed by atoms with E-state index in [-0.39, 0.29) is 18.1 Å². The highest BCUT2D eigenvalue weighted by Crippen LogP contribution is 2.25. The van der Waals surface area contributed by atoms with Crippen molar-refractivity contribution in [3.8, 4) is 0 Å². The van der Waals surface area contributed by atoms with Crippen molar-refractivity contribution in [2.45, 2.75) is 59.2 Å². The zero-order chi connectivity index (χ0) is 18.7. The van der Waals surface area contributed by atoms with Crippen LogP contribution in [0, 0.1) is 12.8 Å². The lowest BCUT2D eigenvalue weighted by Crippen LogP contribution is -2.51. The zero-order valence-electron chi connectivity index (χ0n) is 16.4. The molecule has 0 N–H and O–H groups in total. The number of benzene rings is 1. The van der Waals surface area contributed by atoms with Crippen molar-refractivity contribution in [2.24, 2.45) is 5.92 Å². The fourth-order valence-corrected chi connectivity index (χ4v) is 3.61. The molecule has 2 heterocycles. The third-order valence-corrected chi connectivity index (χ3v) is 5.23. The Labute approximate surface area is 156 Å². The molecule has 0 saturated carbocycles. The normalized spacial score (nSPS) is 20.7. The van der Waals surface area contributed by atoms with Crippen LogP contribution in [0.15, 0.2) is 30.5 Å². The van der Waals surface area contributed by atoms with Crippen LogP contribution in [0.25, 0.3) is 10.9 Å². The van der Waals surface area contributed by atoms with E-state index < -0.39 is 0 Å². The minimum atomic E-state index is 0.0958. The van der Waals surface area contributed by atoms with Crippen LogP contribution in [0.1, 0.15) is 56.0 Å². The van der Waals surface area contributed by atoms with Gasteiger partial charge in [0.2, 0.25) is 0 Å². The van der Waals surface area contributed by atoms with Crippen LogP contribution in [-0.2, 0) is 4.74 Å². The summed E-state index contributed by atoms with van der Waals surface area (Å²) in [6.07, 6.45) is 5.27. The van der Waals surface area contributed by atoms with Gasteiger partial charge in [-0.2, -0.15) is 0 Å². The minimum Gasteiger partial charge on any atom is -0.371 e. The molecule has 4 heteroatoms. The molecule has 1 amide bonds. The molecule has 2 aromatic rings. The molecule has 0 aliphatic carbocycles. The SMILES string of the molecule is CCCC[C@@H]1CN(C(=O)c2ccnc3ccc(C)cc23)C[C@H](C(C)C)O1. The number of hydrogen-bond acceptors (Lipinski definition) is 3. The van der Waals surface area contributed by atoms with Crippen molar-refractivity contribution < 1.29 is 9.53 Å². The maximum atomic E-state index is 13.4. The van der Waals surface area contributed by atoms with E-state index in [9.17, 15) is 4.79 Å². The van der Waals surface area contributed by atoms with Gasteiger partial charge in [-0.05, 0) is 37.5 Å². The lowest BCUT2D eigenvalue weighted by Gasteiger charge is -2.40. The van der Waals surface area contributed by atoms with Gasteiger partial charge in [0.1, 0.15) is 0 Å². The Kier molecular flexibility index (Phi) is 5.92. The second-order valence-electron chi connectivity index (χ2n) is 7.77. The van der Waals surface area contributed by atoms with Gasteiger partial charge in [0.25, 0.3) is 5.91 Å². The first-order valence-electron chi connectivity index (χ1n) is 9.79. The fourth-order valence-electron chi connectivity index (χ4n) is 3.61. The summed E-state index contributed by atoms with van der Waals surface area (Å²) in [7, 11) is 0. The third-order valence-electron chi connectivity index (χ3n) is 5.23. The first-order chi connectivity index (χ1) is 12.5. The highest BCUT2D eigenvalue weighted by molar-refractivity contribution is 6.06. The number of carbonyl (C=O) groups is 1. The molecule has 1 aromatic carbocycles. The number of fused-ring (bicyclic) bond motifs is 1. The topological polar surface area (TPSA) is 42.4 Å². The van der Waals surface area contributed by atoms with Crippen LogP contribution in [0.5, 0.6) is 0 Å². The average molecular weight is 354 g/mol. The van der Waals surface area contributed by atoms with Gasteiger partial charge in [0, 0.05) is 24.7 Å². The quantitative estimate of drug-likeness (QED) is 0.788. The van der Waals surface area contributed by atoms with Gasteiger partial charge < -0.3 is 9.64 Å². The van der Waals surface area contributed by atoms with Gasteiger partial charge in [-0.15, -0.1) is 0 Å². The van der Waals surface area contributed by atoms with Crippen molar-refractivity contribution >= 4 is 16.8 Å². The highest BCUT2D eigenvalue weighted by Gasteiger charge is 2.32. The number of hydrogen-bond donors (Lipinski definition) is 0. The largest absolute Gasteiger partial charge is 0.371 e. The lowest BCUT2D eigenvalue weighted by molar-refractivity contribution is -0.0962. The molecule has 1 aromatic heterocycles. The van der Waals surface area contributed by atoms with E-state index >= 15 is 0 Å². The van der Waals surface area contributed by atoms with Crippen molar-refractivity contribution in [3.05, 3.63) is 41.6 Å². The van der Waals surface area contributed by atoms with Crippen LogP contribution in [0.2, 0.25) is 0 Å². The third kappa shape index (κ3) is 4.07. The molecule has 140 valence electrons. The molecule has 3 rings (SSSR count). The summed E-state index contributed by atoms with van der Waals surface area (Å²) >= 11 is 0. The van der Waals surface area contributed by atoms with Crippen LogP contribution < -0.4 is 0 Å². The molecule has 26 heavy (non-hydrogen) atoms. The molecular formula is C22H30N2O2. The van der Waals surface area contributed by atoms with Gasteiger partial charge in [-0.3, -0.25) is 9.78 Å². The summed E-state index contributed by atoms with van der Waals surface area (Å²) < 4.78 is 6.27. The minimum absolute atomic E-state index is 0.0958. The van der Waals surface area contributed by atoms with Crippen molar-refractivity contribution in [1.29, 1.82) is 0 Å². The molecule has 4 nitrogen and oxygen atoms in total. The van der Waals surface area contributed by atoms with E-state index in [1.807, 2.05) is 30.0 Å². The molecular weight excluding hydrogens is 324 g/mol. The Morgan fingerprint density at radius 2 is 2.12 bits per heavy atom. The summed E-state index contributed by atoms with van der Waals surface area (Å²) in [6.45, 7) is 9.91. The molecule has 2 atom stereocenters. The number of aromatic nitrogens is 1. The van der Waals surface area contributed by atoms with E-state index in [1.54, 1.807) is 6.20 Å². The van der Waals surface area contributed by atoms with Gasteiger partial charge >= 0.3 is 0 Å². The summed E-state index contributed by atoms with van der Waals surface area (Å²) in [5.74, 6) is 0.490. The number of carbonyl (C=O) groups excluding carboxylic acids is 1. The number of unbranched alkanes of at least 4 members (excludes halogenated alkanes) is 1. The van der Waals surface area contributed by atoms with E-state index in [0.717, 1.165) is 41.3 Å². The Bertz CT molecular complexity index is 772. The van der Waals surface area contributed by atoms with Crippen molar-refractivity contribution in [1.82, 2.24) is 9.88 Å². The van der Waals surface area contributed by atoms with E-state index in [4.69, 9.17) is 4.74 Å². The van der Waals surface area contributed by atoms with Gasteiger partial charge in [-0.25, -0.2) is 0 Å². The second-order valence-corrected chi connectivity index (χ2v) is 7.77. The van der Waals surface area contributed by atoms with E-state index in [0.29, 0.717) is 19.0 Å². The lowest BCUT2D eigenvalue weighted by atomic mass is 10.0. The van der Waals surface area contributed by atoms with Crippen molar-refractivity contribution in [2.75, 3.05) is 13.1 Å². The first kappa shape index (κ1) is 18.8. The molecule has 1 aliphatic heterocycles. The summed E-state index contributed by atoms with van der Waals surface area (Å²) in [5.41, 5.74) is 2.76. The number of pyridine rings is 1. The number of nitrogens with zero attached hydrogens (tertiary/aromatic N) is 2. The van der Waals surface area contributed by atoms with Crippen LogP contribution in [0.3, 0.4) is 0 Å². The maximum Gasteiger partial charge on any atom is 0.254 e. The highest BCUT2D eigenvalue weighted by atomic mass is 16.5. The fraction of sp³-hybridized carbons (Fsp3) is 0.545. The predicted octanol–water partition coefficient (Wildman–Crippen LogP) is 4.60. The molecule has 0 spiro atoms. The number of ether oxygens (including phenoxy) is 1. The number of rotatable bonds is 5. The van der Waals surface area contributed by atoms with Crippen LogP contribution in [0.4, 0.5) is 0 Å². The smallest absolute Gasteiger partial charge is 0.254 e. The summed E-state index contributed by atoms with van der Waals surface area (Å²) in [6, 6.07) is 7.94. The van der Waals surface area contributed by atoms with Gasteiger partial charge in [0.05, 0.1) is 23.3 Å². The Morgan fingerprint density at radius 3 is 2.85 bits per heavy atom. The summed E-state index contributed by atoms with van der Waals surface area (Å²) in [5, 5.41) is 0.940.